The average Bonchev–Trinajstić information content (AvgIpc) is 3.38. The van der Waals surface area contributed by atoms with Crippen LogP contribution in [-0.4, -0.2) is 49.0 Å². The quantitative estimate of drug-likeness (QED) is 0.462. The second kappa shape index (κ2) is 8.29. The van der Waals surface area contributed by atoms with E-state index in [0.717, 1.165) is 11.1 Å². The van der Waals surface area contributed by atoms with Gasteiger partial charge in [0, 0.05) is 19.9 Å². The van der Waals surface area contributed by atoms with E-state index < -0.39 is 5.97 Å². The molecular formula is C20H20N6O4. The molecule has 0 saturated heterocycles. The summed E-state index contributed by atoms with van der Waals surface area (Å²) in [6, 6.07) is 7.93. The molecule has 10 nitrogen and oxygen atoms in total. The van der Waals surface area contributed by atoms with Gasteiger partial charge in [0.25, 0.3) is 5.56 Å². The fourth-order valence-corrected chi connectivity index (χ4v) is 3.07. The maximum absolute atomic E-state index is 12.7. The van der Waals surface area contributed by atoms with Crippen LogP contribution in [-0.2, 0) is 22.6 Å². The zero-order chi connectivity index (χ0) is 21.1. The third-order valence-corrected chi connectivity index (χ3v) is 4.47. The number of nitrogens with one attached hydrogen (secondary N) is 1. The molecule has 1 N–H and O–H groups in total. The molecule has 0 aliphatic carbocycles. The van der Waals surface area contributed by atoms with Gasteiger partial charge in [-0.05, 0) is 18.1 Å². The van der Waals surface area contributed by atoms with Crippen LogP contribution in [0.4, 0.5) is 0 Å². The van der Waals surface area contributed by atoms with Crippen molar-refractivity contribution in [1.29, 1.82) is 0 Å². The minimum absolute atomic E-state index is 0.164. The van der Waals surface area contributed by atoms with Crippen LogP contribution >= 0.6 is 0 Å². The molecule has 0 saturated carbocycles. The second-order valence-corrected chi connectivity index (χ2v) is 6.58. The Balaban J connectivity index is 1.62. The third kappa shape index (κ3) is 3.85. The lowest BCUT2D eigenvalue weighted by atomic mass is 10.1. The van der Waals surface area contributed by atoms with Crippen LogP contribution in [0.5, 0.6) is 0 Å². The van der Waals surface area contributed by atoms with Gasteiger partial charge in [0.05, 0.1) is 31.3 Å². The van der Waals surface area contributed by atoms with Crippen LogP contribution < -0.4 is 5.56 Å². The van der Waals surface area contributed by atoms with Crippen LogP contribution in [0.15, 0.2) is 47.8 Å². The molecule has 10 heteroatoms. The first-order valence-corrected chi connectivity index (χ1v) is 9.33. The van der Waals surface area contributed by atoms with Gasteiger partial charge in [-0.25, -0.2) is 14.5 Å². The highest BCUT2D eigenvalue weighted by Gasteiger charge is 2.15. The van der Waals surface area contributed by atoms with E-state index in [1.807, 2.05) is 24.3 Å². The van der Waals surface area contributed by atoms with Gasteiger partial charge in [-0.3, -0.25) is 9.78 Å². The predicted octanol–water partition coefficient (Wildman–Crippen LogP) is 1.68. The van der Waals surface area contributed by atoms with Crippen molar-refractivity contribution in [3.63, 3.8) is 0 Å². The summed E-state index contributed by atoms with van der Waals surface area (Å²) in [7, 11) is 1.65. The molecule has 3 aromatic heterocycles. The van der Waals surface area contributed by atoms with E-state index in [1.54, 1.807) is 24.9 Å². The van der Waals surface area contributed by atoms with E-state index in [2.05, 4.69) is 20.1 Å². The number of carbonyl (C=O) groups is 1. The Morgan fingerprint density at radius 1 is 1.20 bits per heavy atom. The van der Waals surface area contributed by atoms with E-state index >= 15 is 0 Å². The number of aromatic nitrogens is 6. The molecule has 0 spiro atoms. The number of carbonyl (C=O) groups excluding carboxylic acids is 1. The number of esters is 1. The number of ether oxygens (including phenoxy) is 2. The van der Waals surface area contributed by atoms with Crippen molar-refractivity contribution in [2.45, 2.75) is 20.1 Å². The van der Waals surface area contributed by atoms with Crippen molar-refractivity contribution < 1.29 is 14.3 Å². The summed E-state index contributed by atoms with van der Waals surface area (Å²) in [5.74, 6) is -0.329. The maximum Gasteiger partial charge on any atom is 0.341 e. The van der Waals surface area contributed by atoms with Crippen LogP contribution in [0, 0.1) is 0 Å². The second-order valence-electron chi connectivity index (χ2n) is 6.58. The Labute approximate surface area is 171 Å². The Morgan fingerprint density at radius 3 is 2.70 bits per heavy atom. The number of methoxy groups -OCH3 is 1. The van der Waals surface area contributed by atoms with Crippen LogP contribution in [0.3, 0.4) is 0 Å². The van der Waals surface area contributed by atoms with E-state index in [0.29, 0.717) is 18.7 Å². The molecule has 4 aromatic rings. The Hall–Kier alpha value is -3.79. The summed E-state index contributed by atoms with van der Waals surface area (Å²) in [6.07, 6.45) is 4.38. The van der Waals surface area contributed by atoms with Gasteiger partial charge in [0.15, 0.2) is 11.2 Å². The molecule has 30 heavy (non-hydrogen) atoms. The minimum atomic E-state index is -0.493. The van der Waals surface area contributed by atoms with Crippen molar-refractivity contribution in [3.8, 4) is 5.95 Å². The van der Waals surface area contributed by atoms with E-state index in [9.17, 15) is 9.59 Å². The SMILES string of the molecule is CCOC(=O)c1cnn(-c2nc3ncn(Cc4ccc(COC)cc4)c3c(=O)[nH]2)c1. The van der Waals surface area contributed by atoms with Crippen molar-refractivity contribution in [2.75, 3.05) is 13.7 Å². The lowest BCUT2D eigenvalue weighted by molar-refractivity contribution is 0.0526. The monoisotopic (exact) mass is 408 g/mol. The number of aromatic amines is 1. The zero-order valence-electron chi connectivity index (χ0n) is 16.5. The molecule has 0 aliphatic heterocycles. The highest BCUT2D eigenvalue weighted by molar-refractivity contribution is 5.88. The molecule has 0 bridgehead atoms. The summed E-state index contributed by atoms with van der Waals surface area (Å²) in [5.41, 5.74) is 2.65. The minimum Gasteiger partial charge on any atom is -0.462 e. The first kappa shape index (κ1) is 19.5. The topological polar surface area (TPSA) is 117 Å². The normalized spacial score (nSPS) is 11.1. The van der Waals surface area contributed by atoms with Crippen molar-refractivity contribution in [2.24, 2.45) is 0 Å². The number of rotatable bonds is 7. The van der Waals surface area contributed by atoms with Gasteiger partial charge in [0.1, 0.15) is 0 Å². The molecule has 0 aliphatic rings. The molecule has 0 atom stereocenters. The van der Waals surface area contributed by atoms with Gasteiger partial charge in [-0.15, -0.1) is 0 Å². The molecule has 0 fully saturated rings. The number of hydrogen-bond acceptors (Lipinski definition) is 7. The molecule has 0 amide bonds. The van der Waals surface area contributed by atoms with Gasteiger partial charge >= 0.3 is 5.97 Å². The summed E-state index contributed by atoms with van der Waals surface area (Å²) in [5, 5.41) is 4.07. The fourth-order valence-electron chi connectivity index (χ4n) is 3.07. The number of hydrogen-bond donors (Lipinski definition) is 1. The lowest BCUT2D eigenvalue weighted by Gasteiger charge is -2.06. The van der Waals surface area contributed by atoms with Crippen molar-refractivity contribution >= 4 is 17.1 Å². The van der Waals surface area contributed by atoms with Crippen molar-refractivity contribution in [1.82, 2.24) is 29.3 Å². The first-order chi connectivity index (χ1) is 14.6. The predicted molar refractivity (Wildman–Crippen MR) is 107 cm³/mol. The number of imidazole rings is 1. The molecule has 3 heterocycles. The Morgan fingerprint density at radius 2 is 1.97 bits per heavy atom. The van der Waals surface area contributed by atoms with Crippen LogP contribution in [0.1, 0.15) is 28.4 Å². The number of benzene rings is 1. The molecule has 0 unspecified atom stereocenters. The Kier molecular flexibility index (Phi) is 5.40. The zero-order valence-corrected chi connectivity index (χ0v) is 16.5. The Bertz CT molecular complexity index is 1240. The lowest BCUT2D eigenvalue weighted by Crippen LogP contribution is -2.16. The van der Waals surface area contributed by atoms with E-state index in [-0.39, 0.29) is 29.3 Å². The van der Waals surface area contributed by atoms with Crippen LogP contribution in [0.25, 0.3) is 17.1 Å². The number of fused-ring (bicyclic) bond motifs is 1. The summed E-state index contributed by atoms with van der Waals surface area (Å²) < 4.78 is 13.1. The maximum atomic E-state index is 12.7. The smallest absolute Gasteiger partial charge is 0.341 e. The number of nitrogens with zero attached hydrogens (tertiary/aromatic N) is 5. The molecule has 0 radical (unpaired) electrons. The first-order valence-electron chi connectivity index (χ1n) is 9.33. The number of H-pyrrole nitrogens is 1. The standard InChI is InChI=1S/C20H20N6O4/c1-3-30-19(28)15-8-22-26(10-15)20-23-17-16(18(27)24-20)25(12-21-17)9-13-4-6-14(7-5-13)11-29-2/h4-8,10,12H,3,9,11H2,1-2H3,(H,23,24,27). The molecular weight excluding hydrogens is 388 g/mol. The largest absolute Gasteiger partial charge is 0.462 e. The van der Waals surface area contributed by atoms with Crippen LogP contribution in [0.2, 0.25) is 0 Å². The third-order valence-electron chi connectivity index (χ3n) is 4.47. The summed E-state index contributed by atoms with van der Waals surface area (Å²) in [4.78, 5) is 35.9. The van der Waals surface area contributed by atoms with Gasteiger partial charge < -0.3 is 14.0 Å². The average molecular weight is 408 g/mol. The summed E-state index contributed by atoms with van der Waals surface area (Å²) >= 11 is 0. The van der Waals surface area contributed by atoms with Gasteiger partial charge in [-0.1, -0.05) is 24.3 Å². The highest BCUT2D eigenvalue weighted by atomic mass is 16.5. The summed E-state index contributed by atoms with van der Waals surface area (Å²) in [6.45, 7) is 3.01. The van der Waals surface area contributed by atoms with Crippen molar-refractivity contribution in [3.05, 3.63) is 70.0 Å². The molecule has 154 valence electrons. The van der Waals surface area contributed by atoms with Gasteiger partial charge in [0.2, 0.25) is 5.95 Å². The molecule has 4 rings (SSSR count). The van der Waals surface area contributed by atoms with Gasteiger partial charge in [-0.2, -0.15) is 10.1 Å². The fraction of sp³-hybridized carbons (Fsp3) is 0.250. The van der Waals surface area contributed by atoms with E-state index in [4.69, 9.17) is 9.47 Å². The highest BCUT2D eigenvalue weighted by Crippen LogP contribution is 2.12. The molecule has 1 aromatic carbocycles. The van der Waals surface area contributed by atoms with E-state index in [1.165, 1.54) is 17.1 Å².